The Morgan fingerprint density at radius 2 is 1.81 bits per heavy atom. The van der Waals surface area contributed by atoms with Crippen molar-refractivity contribution in [1.82, 2.24) is 19.4 Å². The van der Waals surface area contributed by atoms with E-state index in [2.05, 4.69) is 5.32 Å². The molecule has 6 nitrogen and oxygen atoms in total. The molecule has 0 saturated heterocycles. The van der Waals surface area contributed by atoms with Crippen molar-refractivity contribution in [2.75, 3.05) is 19.6 Å². The highest BCUT2D eigenvalue weighted by atomic mass is 16.2. The predicted octanol–water partition coefficient (Wildman–Crippen LogP) is 1.39. The highest BCUT2D eigenvalue weighted by molar-refractivity contribution is 5.76. The molecule has 0 saturated carbocycles. The molecule has 0 bridgehead atoms. The number of carbonyl (C=O) groups is 1. The van der Waals surface area contributed by atoms with Crippen molar-refractivity contribution < 1.29 is 4.79 Å². The summed E-state index contributed by atoms with van der Waals surface area (Å²) in [6.07, 6.45) is 0. The fraction of sp³-hybridized carbons (Fsp3) is 0.467. The summed E-state index contributed by atoms with van der Waals surface area (Å²) in [6.45, 7) is 6.14. The fourth-order valence-corrected chi connectivity index (χ4v) is 2.48. The SMILES string of the molecule is CCN(CC)C(=O)NCCn1c(=O)n(C)c2ccccc21. The maximum absolute atomic E-state index is 12.2. The van der Waals surface area contributed by atoms with E-state index in [1.807, 2.05) is 38.1 Å². The van der Waals surface area contributed by atoms with E-state index >= 15 is 0 Å². The number of para-hydroxylation sites is 2. The van der Waals surface area contributed by atoms with Crippen LogP contribution in [0.4, 0.5) is 4.79 Å². The first-order valence-corrected chi connectivity index (χ1v) is 7.27. The number of nitrogens with one attached hydrogen (secondary N) is 1. The number of aryl methyl sites for hydroxylation is 1. The molecule has 1 heterocycles. The lowest BCUT2D eigenvalue weighted by molar-refractivity contribution is 0.203. The second-order valence-electron chi connectivity index (χ2n) is 4.89. The van der Waals surface area contributed by atoms with Crippen LogP contribution in [-0.4, -0.2) is 39.7 Å². The highest BCUT2D eigenvalue weighted by Gasteiger charge is 2.11. The molecular formula is C15H22N4O2. The normalized spacial score (nSPS) is 10.8. The first kappa shape index (κ1) is 15.2. The molecule has 0 aliphatic heterocycles. The van der Waals surface area contributed by atoms with Gasteiger partial charge in [-0.05, 0) is 26.0 Å². The Morgan fingerprint density at radius 3 is 2.43 bits per heavy atom. The number of benzene rings is 1. The number of rotatable bonds is 5. The maximum atomic E-state index is 12.2. The van der Waals surface area contributed by atoms with Crippen LogP contribution >= 0.6 is 0 Å². The Kier molecular flexibility index (Phi) is 4.67. The Morgan fingerprint density at radius 1 is 1.19 bits per heavy atom. The predicted molar refractivity (Wildman–Crippen MR) is 83.5 cm³/mol. The average molecular weight is 290 g/mol. The smallest absolute Gasteiger partial charge is 0.328 e. The van der Waals surface area contributed by atoms with Gasteiger partial charge in [0.25, 0.3) is 0 Å². The van der Waals surface area contributed by atoms with Crippen molar-refractivity contribution in [3.05, 3.63) is 34.7 Å². The third kappa shape index (κ3) is 2.94. The van der Waals surface area contributed by atoms with Crippen molar-refractivity contribution in [2.45, 2.75) is 20.4 Å². The third-order valence-electron chi connectivity index (χ3n) is 3.71. The lowest BCUT2D eigenvalue weighted by Crippen LogP contribution is -2.41. The molecule has 21 heavy (non-hydrogen) atoms. The van der Waals surface area contributed by atoms with Gasteiger partial charge in [0.2, 0.25) is 0 Å². The van der Waals surface area contributed by atoms with Crippen molar-refractivity contribution in [3.63, 3.8) is 0 Å². The summed E-state index contributed by atoms with van der Waals surface area (Å²) in [5, 5.41) is 2.85. The van der Waals surface area contributed by atoms with Gasteiger partial charge in [0.15, 0.2) is 0 Å². The van der Waals surface area contributed by atoms with E-state index in [-0.39, 0.29) is 11.7 Å². The van der Waals surface area contributed by atoms with E-state index < -0.39 is 0 Å². The van der Waals surface area contributed by atoms with Crippen LogP contribution in [0.5, 0.6) is 0 Å². The van der Waals surface area contributed by atoms with Crippen LogP contribution in [0.2, 0.25) is 0 Å². The van der Waals surface area contributed by atoms with E-state index in [0.717, 1.165) is 11.0 Å². The van der Waals surface area contributed by atoms with Gasteiger partial charge < -0.3 is 10.2 Å². The van der Waals surface area contributed by atoms with Crippen LogP contribution < -0.4 is 11.0 Å². The first-order valence-electron chi connectivity index (χ1n) is 7.27. The van der Waals surface area contributed by atoms with Crippen LogP contribution in [0, 0.1) is 0 Å². The lowest BCUT2D eigenvalue weighted by atomic mass is 10.3. The number of urea groups is 1. The fourth-order valence-electron chi connectivity index (χ4n) is 2.48. The van der Waals surface area contributed by atoms with Crippen LogP contribution in [0.3, 0.4) is 0 Å². The quantitative estimate of drug-likeness (QED) is 0.904. The molecule has 6 heteroatoms. The number of hydrogen-bond donors (Lipinski definition) is 1. The standard InChI is InChI=1S/C15H22N4O2/c1-4-18(5-2)14(20)16-10-11-19-13-9-7-6-8-12(13)17(3)15(19)21/h6-9H,4-5,10-11H2,1-3H3,(H,16,20). The number of hydrogen-bond acceptors (Lipinski definition) is 2. The second kappa shape index (κ2) is 6.47. The molecule has 2 aromatic rings. The van der Waals surface area contributed by atoms with Crippen molar-refractivity contribution >= 4 is 17.1 Å². The molecule has 2 rings (SSSR count). The zero-order chi connectivity index (χ0) is 15.4. The van der Waals surface area contributed by atoms with Crippen LogP contribution in [0.1, 0.15) is 13.8 Å². The minimum atomic E-state index is -0.0896. The summed E-state index contributed by atoms with van der Waals surface area (Å²) in [5.74, 6) is 0. The van der Waals surface area contributed by atoms with Crippen LogP contribution in [0.15, 0.2) is 29.1 Å². The molecule has 0 spiro atoms. The number of amides is 2. The Labute approximate surface area is 124 Å². The molecule has 0 aliphatic rings. The Bertz CT molecular complexity index is 683. The molecular weight excluding hydrogens is 268 g/mol. The van der Waals surface area contributed by atoms with Crippen LogP contribution in [0.25, 0.3) is 11.0 Å². The van der Waals surface area contributed by atoms with Gasteiger partial charge in [0, 0.05) is 33.2 Å². The Hall–Kier alpha value is -2.24. The number of nitrogens with zero attached hydrogens (tertiary/aromatic N) is 3. The number of aromatic nitrogens is 2. The summed E-state index contributed by atoms with van der Waals surface area (Å²) >= 11 is 0. The lowest BCUT2D eigenvalue weighted by Gasteiger charge is -2.19. The first-order chi connectivity index (χ1) is 10.1. The average Bonchev–Trinajstić information content (AvgIpc) is 2.74. The summed E-state index contributed by atoms with van der Waals surface area (Å²) in [7, 11) is 1.76. The van der Waals surface area contributed by atoms with Gasteiger partial charge in [-0.3, -0.25) is 9.13 Å². The van der Waals surface area contributed by atoms with Gasteiger partial charge in [0.1, 0.15) is 0 Å². The van der Waals surface area contributed by atoms with E-state index in [0.29, 0.717) is 26.2 Å². The number of fused-ring (bicyclic) bond motifs is 1. The van der Waals surface area contributed by atoms with Crippen molar-refractivity contribution in [2.24, 2.45) is 7.05 Å². The zero-order valence-corrected chi connectivity index (χ0v) is 12.8. The molecule has 1 aromatic carbocycles. The summed E-state index contributed by atoms with van der Waals surface area (Å²) in [4.78, 5) is 25.8. The van der Waals surface area contributed by atoms with Gasteiger partial charge in [-0.2, -0.15) is 0 Å². The largest absolute Gasteiger partial charge is 0.336 e. The van der Waals surface area contributed by atoms with E-state index in [1.54, 1.807) is 21.1 Å². The van der Waals surface area contributed by atoms with Crippen molar-refractivity contribution in [3.8, 4) is 0 Å². The van der Waals surface area contributed by atoms with Gasteiger partial charge in [-0.25, -0.2) is 9.59 Å². The molecule has 0 unspecified atom stereocenters. The summed E-state index contributed by atoms with van der Waals surface area (Å²) < 4.78 is 3.32. The van der Waals surface area contributed by atoms with Gasteiger partial charge in [-0.1, -0.05) is 12.1 Å². The molecule has 0 fully saturated rings. The number of carbonyl (C=O) groups excluding carboxylic acids is 1. The second-order valence-corrected chi connectivity index (χ2v) is 4.89. The van der Waals surface area contributed by atoms with Crippen molar-refractivity contribution in [1.29, 1.82) is 0 Å². The van der Waals surface area contributed by atoms with Gasteiger partial charge in [-0.15, -0.1) is 0 Å². The molecule has 0 aliphatic carbocycles. The molecule has 1 N–H and O–H groups in total. The third-order valence-corrected chi connectivity index (χ3v) is 3.71. The zero-order valence-electron chi connectivity index (χ0n) is 12.8. The van der Waals surface area contributed by atoms with E-state index in [9.17, 15) is 9.59 Å². The van der Waals surface area contributed by atoms with Crippen LogP contribution in [-0.2, 0) is 13.6 Å². The summed E-state index contributed by atoms with van der Waals surface area (Å²) in [5.41, 5.74) is 1.73. The maximum Gasteiger partial charge on any atom is 0.328 e. The Balaban J connectivity index is 2.10. The molecule has 114 valence electrons. The van der Waals surface area contributed by atoms with E-state index in [1.165, 1.54) is 0 Å². The topological polar surface area (TPSA) is 59.3 Å². The summed E-state index contributed by atoms with van der Waals surface area (Å²) in [6, 6.07) is 7.57. The molecule has 1 aromatic heterocycles. The molecule has 0 radical (unpaired) electrons. The number of imidazole rings is 1. The minimum absolute atomic E-state index is 0.0618. The highest BCUT2D eigenvalue weighted by Crippen LogP contribution is 2.10. The molecule has 0 atom stereocenters. The monoisotopic (exact) mass is 290 g/mol. The van der Waals surface area contributed by atoms with E-state index in [4.69, 9.17) is 0 Å². The van der Waals surface area contributed by atoms with Gasteiger partial charge in [0.05, 0.1) is 11.0 Å². The molecule has 2 amide bonds. The van der Waals surface area contributed by atoms with Gasteiger partial charge >= 0.3 is 11.7 Å². The minimum Gasteiger partial charge on any atom is -0.336 e.